The summed E-state index contributed by atoms with van der Waals surface area (Å²) in [6, 6.07) is 8.90. The lowest BCUT2D eigenvalue weighted by Gasteiger charge is -2.24. The molecule has 16 heavy (non-hydrogen) atoms. The van der Waals surface area contributed by atoms with Crippen molar-refractivity contribution in [2.75, 3.05) is 18.4 Å². The third-order valence-electron chi connectivity index (χ3n) is 2.42. The predicted octanol–water partition coefficient (Wildman–Crippen LogP) is 2.78. The number of hydrogen-bond acceptors (Lipinski definition) is 1. The maximum absolute atomic E-state index is 13.0. The number of para-hydroxylation sites is 1. The fourth-order valence-electron chi connectivity index (χ4n) is 1.60. The zero-order chi connectivity index (χ0) is 11.4. The minimum absolute atomic E-state index is 0.0681. The zero-order valence-electron chi connectivity index (χ0n) is 8.82. The van der Waals surface area contributed by atoms with Gasteiger partial charge in [-0.3, -0.25) is 0 Å². The zero-order valence-corrected chi connectivity index (χ0v) is 8.82. The second kappa shape index (κ2) is 4.79. The molecule has 0 spiro atoms. The van der Waals surface area contributed by atoms with Crippen LogP contribution >= 0.6 is 0 Å². The van der Waals surface area contributed by atoms with Crippen LogP contribution in [0.4, 0.5) is 14.9 Å². The van der Waals surface area contributed by atoms with Gasteiger partial charge in [0.15, 0.2) is 0 Å². The van der Waals surface area contributed by atoms with E-state index >= 15 is 0 Å². The number of amides is 2. The highest BCUT2D eigenvalue weighted by Crippen LogP contribution is 2.13. The van der Waals surface area contributed by atoms with Crippen LogP contribution < -0.4 is 5.32 Å². The van der Waals surface area contributed by atoms with Crippen LogP contribution in [0.15, 0.2) is 42.2 Å². The van der Waals surface area contributed by atoms with Gasteiger partial charge in [0.1, 0.15) is 5.83 Å². The monoisotopic (exact) mass is 220 g/mol. The van der Waals surface area contributed by atoms with Gasteiger partial charge >= 0.3 is 6.03 Å². The van der Waals surface area contributed by atoms with Gasteiger partial charge in [0.05, 0.1) is 6.54 Å². The molecule has 1 aromatic carbocycles. The third kappa shape index (κ3) is 2.59. The fraction of sp³-hybridized carbons (Fsp3) is 0.250. The highest BCUT2D eigenvalue weighted by molar-refractivity contribution is 5.89. The summed E-state index contributed by atoms with van der Waals surface area (Å²) in [5, 5.41) is 2.73. The van der Waals surface area contributed by atoms with Crippen LogP contribution in [0.2, 0.25) is 0 Å². The molecule has 3 nitrogen and oxygen atoms in total. The summed E-state index contributed by atoms with van der Waals surface area (Å²) in [5.41, 5.74) is 0.725. The second-order valence-electron chi connectivity index (χ2n) is 3.66. The van der Waals surface area contributed by atoms with Crippen molar-refractivity contribution in [3.05, 3.63) is 42.2 Å². The smallest absolute Gasteiger partial charge is 0.318 e. The number of urea groups is 1. The van der Waals surface area contributed by atoms with Crippen molar-refractivity contribution in [3.8, 4) is 0 Å². The predicted molar refractivity (Wildman–Crippen MR) is 60.8 cm³/mol. The van der Waals surface area contributed by atoms with Crippen molar-refractivity contribution in [2.24, 2.45) is 0 Å². The molecule has 2 rings (SSSR count). The number of carbonyl (C=O) groups is 1. The molecule has 2 amide bonds. The molecule has 84 valence electrons. The first kappa shape index (κ1) is 10.7. The molecule has 0 radical (unpaired) electrons. The second-order valence-corrected chi connectivity index (χ2v) is 3.66. The van der Waals surface area contributed by atoms with E-state index in [1.165, 1.54) is 11.0 Å². The summed E-state index contributed by atoms with van der Waals surface area (Å²) < 4.78 is 13.0. The number of nitrogens with zero attached hydrogens (tertiary/aromatic N) is 1. The molecule has 4 heteroatoms. The minimum Gasteiger partial charge on any atom is -0.318 e. The van der Waals surface area contributed by atoms with Crippen molar-refractivity contribution >= 4 is 11.7 Å². The van der Waals surface area contributed by atoms with E-state index in [-0.39, 0.29) is 18.4 Å². The van der Waals surface area contributed by atoms with Crippen LogP contribution in [-0.4, -0.2) is 24.0 Å². The first-order valence-corrected chi connectivity index (χ1v) is 5.21. The molecule has 1 N–H and O–H groups in total. The van der Waals surface area contributed by atoms with E-state index in [4.69, 9.17) is 0 Å². The first-order chi connectivity index (χ1) is 7.75. The van der Waals surface area contributed by atoms with E-state index in [1.807, 2.05) is 18.2 Å². The summed E-state index contributed by atoms with van der Waals surface area (Å²) in [7, 11) is 0. The SMILES string of the molecule is O=C(Nc1ccccc1)N1CCC=C(F)C1. The van der Waals surface area contributed by atoms with Gasteiger partial charge in [-0.15, -0.1) is 0 Å². The van der Waals surface area contributed by atoms with Gasteiger partial charge < -0.3 is 10.2 Å². The summed E-state index contributed by atoms with van der Waals surface area (Å²) in [6.45, 7) is 0.630. The normalized spacial score (nSPS) is 15.6. The number of rotatable bonds is 1. The lowest BCUT2D eigenvalue weighted by Crippen LogP contribution is -2.38. The van der Waals surface area contributed by atoms with E-state index in [1.54, 1.807) is 12.1 Å². The molecule has 0 unspecified atom stereocenters. The molecule has 1 aromatic rings. The van der Waals surface area contributed by atoms with Crippen molar-refractivity contribution < 1.29 is 9.18 Å². The molecule has 1 heterocycles. The third-order valence-corrected chi connectivity index (χ3v) is 2.42. The molecule has 1 aliphatic rings. The summed E-state index contributed by atoms with van der Waals surface area (Å²) in [4.78, 5) is 13.2. The Bertz CT molecular complexity index is 403. The molecular formula is C12H13FN2O. The Morgan fingerprint density at radius 1 is 1.31 bits per heavy atom. The molecule has 0 saturated heterocycles. The van der Waals surface area contributed by atoms with E-state index in [9.17, 15) is 9.18 Å². The lowest BCUT2D eigenvalue weighted by molar-refractivity contribution is 0.210. The van der Waals surface area contributed by atoms with E-state index in [2.05, 4.69) is 5.32 Å². The van der Waals surface area contributed by atoms with Gasteiger partial charge in [0.25, 0.3) is 0 Å². The standard InChI is InChI=1S/C12H13FN2O/c13-10-5-4-8-15(9-10)12(16)14-11-6-2-1-3-7-11/h1-3,5-7H,4,8-9H2,(H,14,16). The molecule has 0 fully saturated rings. The number of hydrogen-bond donors (Lipinski definition) is 1. The average Bonchev–Trinajstić information content (AvgIpc) is 2.30. The molecule has 1 aliphatic heterocycles. The Morgan fingerprint density at radius 2 is 2.06 bits per heavy atom. The number of nitrogens with one attached hydrogen (secondary N) is 1. The maximum atomic E-state index is 13.0. The van der Waals surface area contributed by atoms with Crippen LogP contribution in [-0.2, 0) is 0 Å². The topological polar surface area (TPSA) is 32.3 Å². The number of benzene rings is 1. The average molecular weight is 220 g/mol. The molecule has 0 aliphatic carbocycles. The molecule has 0 atom stereocenters. The van der Waals surface area contributed by atoms with Crippen molar-refractivity contribution in [2.45, 2.75) is 6.42 Å². The van der Waals surface area contributed by atoms with Gasteiger partial charge in [0, 0.05) is 12.2 Å². The maximum Gasteiger partial charge on any atom is 0.322 e. The van der Waals surface area contributed by atoms with E-state index in [0.29, 0.717) is 13.0 Å². The number of carbonyl (C=O) groups excluding carboxylic acids is 1. The van der Waals surface area contributed by atoms with Crippen LogP contribution in [0.5, 0.6) is 0 Å². The van der Waals surface area contributed by atoms with Gasteiger partial charge in [-0.2, -0.15) is 0 Å². The van der Waals surface area contributed by atoms with Gasteiger partial charge in [-0.25, -0.2) is 9.18 Å². The van der Waals surface area contributed by atoms with Gasteiger partial charge in [0.2, 0.25) is 0 Å². The quantitative estimate of drug-likeness (QED) is 0.775. The van der Waals surface area contributed by atoms with Crippen LogP contribution in [0.25, 0.3) is 0 Å². The van der Waals surface area contributed by atoms with Crippen LogP contribution in [0.1, 0.15) is 6.42 Å². The van der Waals surface area contributed by atoms with Gasteiger partial charge in [-0.05, 0) is 24.6 Å². The number of anilines is 1. The number of halogens is 1. The van der Waals surface area contributed by atoms with Crippen molar-refractivity contribution in [1.82, 2.24) is 4.90 Å². The Labute approximate surface area is 93.6 Å². The summed E-state index contributed by atoms with van der Waals surface area (Å²) >= 11 is 0. The lowest BCUT2D eigenvalue weighted by atomic mass is 10.2. The molecule has 0 bridgehead atoms. The van der Waals surface area contributed by atoms with Crippen LogP contribution in [0.3, 0.4) is 0 Å². The highest BCUT2D eigenvalue weighted by atomic mass is 19.1. The van der Waals surface area contributed by atoms with Crippen molar-refractivity contribution in [1.29, 1.82) is 0 Å². The van der Waals surface area contributed by atoms with Gasteiger partial charge in [-0.1, -0.05) is 18.2 Å². The highest BCUT2D eigenvalue weighted by Gasteiger charge is 2.17. The first-order valence-electron chi connectivity index (χ1n) is 5.21. The Kier molecular flexibility index (Phi) is 3.19. The molecule has 0 saturated carbocycles. The summed E-state index contributed by atoms with van der Waals surface area (Å²) in [6.07, 6.45) is 2.10. The van der Waals surface area contributed by atoms with E-state index in [0.717, 1.165) is 5.69 Å². The molecule has 0 aromatic heterocycles. The Morgan fingerprint density at radius 3 is 2.75 bits per heavy atom. The Hall–Kier alpha value is -1.84. The van der Waals surface area contributed by atoms with Crippen LogP contribution in [0, 0.1) is 0 Å². The van der Waals surface area contributed by atoms with E-state index < -0.39 is 0 Å². The van der Waals surface area contributed by atoms with Crippen molar-refractivity contribution in [3.63, 3.8) is 0 Å². The molecular weight excluding hydrogens is 207 g/mol. The Balaban J connectivity index is 1.96. The largest absolute Gasteiger partial charge is 0.322 e. The minimum atomic E-state index is -0.255. The fourth-order valence-corrected chi connectivity index (χ4v) is 1.60. The summed E-state index contributed by atoms with van der Waals surface area (Å²) in [5.74, 6) is -0.241.